The van der Waals surface area contributed by atoms with Crippen molar-refractivity contribution in [2.45, 2.75) is 12.8 Å². The molecule has 0 atom stereocenters. The molecule has 0 aliphatic heterocycles. The third-order valence-corrected chi connectivity index (χ3v) is 18.5. The summed E-state index contributed by atoms with van der Waals surface area (Å²) in [5, 5.41) is 11.7. The monoisotopic (exact) mass is 1130 g/mol. The molecule has 0 amide bonds. The van der Waals surface area contributed by atoms with Gasteiger partial charge >= 0.3 is 0 Å². The van der Waals surface area contributed by atoms with Crippen LogP contribution in [0.5, 0.6) is 0 Å². The van der Waals surface area contributed by atoms with Gasteiger partial charge in [-0.25, -0.2) is 0 Å². The van der Waals surface area contributed by atoms with Crippen molar-refractivity contribution in [3.05, 3.63) is 308 Å². The number of rotatable bonds is 9. The van der Waals surface area contributed by atoms with Gasteiger partial charge < -0.3 is 13.4 Å². The van der Waals surface area contributed by atoms with E-state index >= 15 is 0 Å². The first kappa shape index (κ1) is 50.8. The lowest BCUT2D eigenvalue weighted by atomic mass is 9.92. The highest BCUT2D eigenvalue weighted by Gasteiger charge is 2.25. The molecule has 3 heteroatoms. The van der Waals surface area contributed by atoms with Crippen LogP contribution in [0.25, 0.3) is 183 Å². The van der Waals surface area contributed by atoms with Crippen LogP contribution in [0.1, 0.15) is 12.8 Å². The molecular formula is C86H55NO2. The van der Waals surface area contributed by atoms with Gasteiger partial charge in [0.05, 0.1) is 16.7 Å². The van der Waals surface area contributed by atoms with Crippen molar-refractivity contribution in [1.29, 1.82) is 0 Å². The van der Waals surface area contributed by atoms with Crippen molar-refractivity contribution in [3.8, 4) is 94.7 Å². The Bertz CT molecular complexity index is 5500. The van der Waals surface area contributed by atoms with E-state index in [0.717, 1.165) is 173 Å². The van der Waals surface area contributed by atoms with Crippen LogP contribution in [0.4, 0.5) is 0 Å². The van der Waals surface area contributed by atoms with E-state index in [4.69, 9.17) is 8.83 Å². The molecule has 0 spiro atoms. The summed E-state index contributed by atoms with van der Waals surface area (Å²) >= 11 is 0. The molecule has 0 fully saturated rings. The lowest BCUT2D eigenvalue weighted by Crippen LogP contribution is -2.28. The third-order valence-electron chi connectivity index (χ3n) is 18.5. The van der Waals surface area contributed by atoms with Crippen LogP contribution in [0.3, 0.4) is 0 Å². The van der Waals surface area contributed by atoms with Crippen molar-refractivity contribution in [2.24, 2.45) is 0 Å². The van der Waals surface area contributed by atoms with Gasteiger partial charge in [0, 0.05) is 60.0 Å². The second-order valence-electron chi connectivity index (χ2n) is 23.7. The number of hydrogen-bond donors (Lipinski definition) is 0. The molecule has 17 aromatic rings. The maximum Gasteiger partial charge on any atom is 0.143 e. The number of benzene rings is 14. The molecule has 416 valence electrons. The molecule has 0 saturated heterocycles. The van der Waals surface area contributed by atoms with E-state index in [2.05, 4.69) is 314 Å². The van der Waals surface area contributed by atoms with Crippen LogP contribution >= 0.6 is 0 Å². The molecule has 3 nitrogen and oxygen atoms in total. The average molecular weight is 1130 g/mol. The number of aromatic nitrogens is 1. The smallest absolute Gasteiger partial charge is 0.143 e. The molecular weight excluding hydrogens is 1080 g/mol. The van der Waals surface area contributed by atoms with E-state index in [9.17, 15) is 0 Å². The minimum absolute atomic E-state index is 0.855. The van der Waals surface area contributed by atoms with E-state index in [-0.39, 0.29) is 0 Å². The number of hydrogen-bond acceptors (Lipinski definition) is 2. The molecule has 0 saturated carbocycles. The molecule has 14 aromatic carbocycles. The minimum atomic E-state index is 0.855. The summed E-state index contributed by atoms with van der Waals surface area (Å²) in [4.78, 5) is 0. The summed E-state index contributed by atoms with van der Waals surface area (Å²) < 4.78 is 17.4. The summed E-state index contributed by atoms with van der Waals surface area (Å²) in [6.07, 6.45) is 6.90. The van der Waals surface area contributed by atoms with E-state index in [1.54, 1.807) is 0 Å². The van der Waals surface area contributed by atoms with Crippen molar-refractivity contribution < 1.29 is 8.83 Å². The fourth-order valence-electron chi connectivity index (χ4n) is 14.3. The molecule has 0 bridgehead atoms. The Labute approximate surface area is 514 Å². The SMILES string of the molecule is C1=c2cc(-n3c4ccc(-c5cc(-c6ccccc6)cc6c5oc5c(-c7ccccc7)cc(-c7ccccc7)cc56)cc4c4cc(-c5cc(-c6ccccc6)cc6c5oc5c(-c7ccccc7)cc(-c7ccccc7)cc56)ccc43)c3ccccc3c2=CCC1. The maximum absolute atomic E-state index is 7.42. The van der Waals surface area contributed by atoms with Gasteiger partial charge in [0.25, 0.3) is 0 Å². The van der Waals surface area contributed by atoms with Crippen LogP contribution in [0, 0.1) is 0 Å². The summed E-state index contributed by atoms with van der Waals surface area (Å²) in [6, 6.07) is 109. The van der Waals surface area contributed by atoms with E-state index < -0.39 is 0 Å². The van der Waals surface area contributed by atoms with Crippen LogP contribution in [0.15, 0.2) is 306 Å². The number of nitrogens with zero attached hydrogens (tertiary/aromatic N) is 1. The Morgan fingerprint density at radius 2 is 0.539 bits per heavy atom. The highest BCUT2D eigenvalue weighted by Crippen LogP contribution is 2.49. The van der Waals surface area contributed by atoms with Crippen LogP contribution in [0.2, 0.25) is 0 Å². The predicted octanol–water partition coefficient (Wildman–Crippen LogP) is 22.4. The molecule has 0 N–H and O–H groups in total. The van der Waals surface area contributed by atoms with Crippen LogP contribution in [-0.2, 0) is 0 Å². The van der Waals surface area contributed by atoms with Crippen molar-refractivity contribution >= 4 is 88.6 Å². The van der Waals surface area contributed by atoms with Gasteiger partial charge in [-0.2, -0.15) is 0 Å². The van der Waals surface area contributed by atoms with Crippen LogP contribution in [-0.4, -0.2) is 4.57 Å². The Kier molecular flexibility index (Phi) is 11.7. The Morgan fingerprint density at radius 3 is 0.921 bits per heavy atom. The highest BCUT2D eigenvalue weighted by molar-refractivity contribution is 6.20. The first-order valence-corrected chi connectivity index (χ1v) is 30.8. The Morgan fingerprint density at radius 1 is 0.225 bits per heavy atom. The van der Waals surface area contributed by atoms with Crippen molar-refractivity contribution in [3.63, 3.8) is 0 Å². The van der Waals surface area contributed by atoms with Gasteiger partial charge in [0.15, 0.2) is 0 Å². The molecule has 1 aliphatic carbocycles. The normalized spacial score (nSPS) is 12.4. The van der Waals surface area contributed by atoms with E-state index in [1.165, 1.54) is 21.2 Å². The maximum atomic E-state index is 7.42. The molecule has 3 aromatic heterocycles. The average Bonchev–Trinajstić information content (AvgIpc) is 1.64. The zero-order valence-corrected chi connectivity index (χ0v) is 48.6. The van der Waals surface area contributed by atoms with E-state index in [1.807, 2.05) is 0 Å². The quantitative estimate of drug-likeness (QED) is 0.144. The summed E-state index contributed by atoms with van der Waals surface area (Å²) in [6.45, 7) is 0. The molecule has 0 radical (unpaired) electrons. The van der Waals surface area contributed by atoms with Gasteiger partial charge in [-0.05, 0) is 174 Å². The third kappa shape index (κ3) is 8.42. The van der Waals surface area contributed by atoms with E-state index in [0.29, 0.717) is 0 Å². The molecule has 89 heavy (non-hydrogen) atoms. The van der Waals surface area contributed by atoms with Gasteiger partial charge in [-0.3, -0.25) is 0 Å². The molecule has 3 heterocycles. The molecule has 18 rings (SSSR count). The summed E-state index contributed by atoms with van der Waals surface area (Å²) in [5.41, 5.74) is 24.5. The summed E-state index contributed by atoms with van der Waals surface area (Å²) in [7, 11) is 0. The predicted molar refractivity (Wildman–Crippen MR) is 374 cm³/mol. The lowest BCUT2D eigenvalue weighted by Gasteiger charge is -2.15. The number of furan rings is 2. The fourth-order valence-corrected chi connectivity index (χ4v) is 14.3. The number of fused-ring (bicyclic) bond motifs is 12. The minimum Gasteiger partial charge on any atom is -0.455 e. The topological polar surface area (TPSA) is 31.2 Å². The molecule has 1 aliphatic rings. The second kappa shape index (κ2) is 20.6. The summed E-state index contributed by atoms with van der Waals surface area (Å²) in [5.74, 6) is 0. The van der Waals surface area contributed by atoms with Gasteiger partial charge in [-0.1, -0.05) is 231 Å². The first-order chi connectivity index (χ1) is 44.1. The van der Waals surface area contributed by atoms with Crippen LogP contribution < -0.4 is 10.4 Å². The van der Waals surface area contributed by atoms with Crippen molar-refractivity contribution in [1.82, 2.24) is 4.57 Å². The standard InChI is InChI=1S/C86H55NO2/c1-7-23-54(24-8-1)63-45-70(58-31-15-5-16-32-58)83-76(49-63)78-51-65(56-27-11-3-12-28-56)47-72(85(78)88-83)61-39-41-80-74(43-61)75-44-62(40-42-81(75)87(80)82-53-60-35-19-20-36-67(60)68-37-21-22-38-69(68)82)73-48-66(57-29-13-4-14-30-57)52-79-77-50-64(55-25-9-2-10-26-55)46-71(84(77)89-86(73)79)59-33-17-6-18-34-59/h1-18,21-53H,19-20H2. The molecule has 0 unspecified atom stereocenters. The first-order valence-electron chi connectivity index (χ1n) is 30.8. The second-order valence-corrected chi connectivity index (χ2v) is 23.7. The van der Waals surface area contributed by atoms with Gasteiger partial charge in [0.2, 0.25) is 0 Å². The lowest BCUT2D eigenvalue weighted by molar-refractivity contribution is 0.671. The fraction of sp³-hybridized carbons (Fsp3) is 0.0233. The zero-order valence-electron chi connectivity index (χ0n) is 48.6. The Hall–Kier alpha value is -11.5. The zero-order chi connectivity index (χ0) is 58.5. The highest BCUT2D eigenvalue weighted by atomic mass is 16.3. The largest absolute Gasteiger partial charge is 0.455 e. The van der Waals surface area contributed by atoms with Crippen molar-refractivity contribution in [2.75, 3.05) is 0 Å². The Balaban J connectivity index is 0.931. The van der Waals surface area contributed by atoms with Gasteiger partial charge in [0.1, 0.15) is 22.3 Å². The van der Waals surface area contributed by atoms with Gasteiger partial charge in [-0.15, -0.1) is 0 Å².